The minimum Gasteiger partial charge on any atom is -0.438 e. The highest BCUT2D eigenvalue weighted by Gasteiger charge is 2.28. The van der Waals surface area contributed by atoms with Crippen LogP contribution in [0.2, 0.25) is 0 Å². The molecule has 3 rings (SSSR count). The van der Waals surface area contributed by atoms with E-state index in [2.05, 4.69) is 16.1 Å². The first-order valence-electron chi connectivity index (χ1n) is 7.92. The van der Waals surface area contributed by atoms with Gasteiger partial charge in [0.1, 0.15) is 17.2 Å². The molecule has 8 heteroatoms. The molecule has 0 aromatic carbocycles. The number of carbonyl (C=O) groups is 2. The number of hydrogen-bond acceptors (Lipinski definition) is 7. The third-order valence-corrected chi connectivity index (χ3v) is 5.95. The standard InChI is InChI=1S/C18H16N2O4S2/c1-23-18(22)24-11-4-6-13-14(10-19)17(26-15(13)9-11)20-16(21)7-5-12-3-2-8-25-12/h2-3,5,7-8,11H,4,6,9H2,1H3,(H,20,21)/b7-5+. The smallest absolute Gasteiger partial charge is 0.438 e. The summed E-state index contributed by atoms with van der Waals surface area (Å²) in [5.41, 5.74) is 1.43. The minimum absolute atomic E-state index is 0.276. The summed E-state index contributed by atoms with van der Waals surface area (Å²) in [4.78, 5) is 25.4. The van der Waals surface area contributed by atoms with Gasteiger partial charge in [-0.1, -0.05) is 6.07 Å². The summed E-state index contributed by atoms with van der Waals surface area (Å²) in [5, 5.41) is 14.8. The largest absolute Gasteiger partial charge is 0.508 e. The van der Waals surface area contributed by atoms with Crippen molar-refractivity contribution in [2.75, 3.05) is 12.4 Å². The van der Waals surface area contributed by atoms with Gasteiger partial charge in [0.25, 0.3) is 0 Å². The fraction of sp³-hybridized carbons (Fsp3) is 0.278. The highest BCUT2D eigenvalue weighted by molar-refractivity contribution is 7.16. The normalized spacial score (nSPS) is 15.9. The number of ether oxygens (including phenoxy) is 2. The summed E-state index contributed by atoms with van der Waals surface area (Å²) in [6.45, 7) is 0. The van der Waals surface area contributed by atoms with Gasteiger partial charge in [-0.25, -0.2) is 4.79 Å². The summed E-state index contributed by atoms with van der Waals surface area (Å²) in [6, 6.07) is 6.02. The van der Waals surface area contributed by atoms with Crippen LogP contribution < -0.4 is 5.32 Å². The number of fused-ring (bicyclic) bond motifs is 1. The van der Waals surface area contributed by atoms with Crippen LogP contribution in [0.3, 0.4) is 0 Å². The Bertz CT molecular complexity index is 878. The van der Waals surface area contributed by atoms with Gasteiger partial charge in [-0.3, -0.25) is 4.79 Å². The molecule has 6 nitrogen and oxygen atoms in total. The third kappa shape index (κ3) is 4.12. The topological polar surface area (TPSA) is 88.4 Å². The number of hydrogen-bond donors (Lipinski definition) is 1. The van der Waals surface area contributed by atoms with Gasteiger partial charge in [-0.2, -0.15) is 5.26 Å². The van der Waals surface area contributed by atoms with Crippen molar-refractivity contribution in [1.29, 1.82) is 5.26 Å². The summed E-state index contributed by atoms with van der Waals surface area (Å²) in [5.74, 6) is -0.282. The second-order valence-electron chi connectivity index (χ2n) is 5.59. The van der Waals surface area contributed by atoms with Gasteiger partial charge in [0, 0.05) is 22.3 Å². The molecule has 0 aliphatic heterocycles. The Morgan fingerprint density at radius 1 is 1.46 bits per heavy atom. The maximum Gasteiger partial charge on any atom is 0.508 e. The van der Waals surface area contributed by atoms with Gasteiger partial charge in [0.2, 0.25) is 5.91 Å². The Morgan fingerprint density at radius 2 is 2.31 bits per heavy atom. The monoisotopic (exact) mass is 388 g/mol. The third-order valence-electron chi connectivity index (χ3n) is 3.94. The van der Waals surface area contributed by atoms with Crippen LogP contribution >= 0.6 is 22.7 Å². The molecular formula is C18H16N2O4S2. The molecule has 1 aliphatic rings. The van der Waals surface area contributed by atoms with Crippen LogP contribution in [-0.4, -0.2) is 25.3 Å². The fourth-order valence-electron chi connectivity index (χ4n) is 2.74. The molecule has 1 amide bonds. The average molecular weight is 388 g/mol. The van der Waals surface area contributed by atoms with Crippen LogP contribution in [0.4, 0.5) is 9.80 Å². The predicted molar refractivity (Wildman–Crippen MR) is 100 cm³/mol. The molecule has 2 heterocycles. The van der Waals surface area contributed by atoms with Crippen LogP contribution in [0.15, 0.2) is 23.6 Å². The SMILES string of the molecule is COC(=O)OC1CCc2c(sc(NC(=O)/C=C/c3cccs3)c2C#N)C1. The van der Waals surface area contributed by atoms with E-state index < -0.39 is 6.16 Å². The Kier molecular flexibility index (Phi) is 5.71. The van der Waals surface area contributed by atoms with Crippen LogP contribution in [0, 0.1) is 11.3 Å². The first-order chi connectivity index (χ1) is 12.6. The van der Waals surface area contributed by atoms with Crippen LogP contribution in [-0.2, 0) is 27.1 Å². The molecule has 2 aromatic heterocycles. The van der Waals surface area contributed by atoms with Crippen molar-refractivity contribution in [1.82, 2.24) is 0 Å². The van der Waals surface area contributed by atoms with E-state index in [0.29, 0.717) is 29.8 Å². The molecule has 0 spiro atoms. The molecule has 1 atom stereocenters. The Labute approximate surface area is 158 Å². The van der Waals surface area contributed by atoms with Crippen LogP contribution in [0.1, 0.15) is 27.3 Å². The van der Waals surface area contributed by atoms with Crippen molar-refractivity contribution in [3.05, 3.63) is 44.5 Å². The highest BCUT2D eigenvalue weighted by Crippen LogP contribution is 2.38. The van der Waals surface area contributed by atoms with Crippen molar-refractivity contribution >= 4 is 45.8 Å². The lowest BCUT2D eigenvalue weighted by Gasteiger charge is -2.21. The first-order valence-corrected chi connectivity index (χ1v) is 9.62. The zero-order valence-electron chi connectivity index (χ0n) is 14.0. The highest BCUT2D eigenvalue weighted by atomic mass is 32.1. The predicted octanol–water partition coefficient (Wildman–Crippen LogP) is 3.97. The van der Waals surface area contributed by atoms with Crippen molar-refractivity contribution < 1.29 is 19.1 Å². The summed E-state index contributed by atoms with van der Waals surface area (Å²) < 4.78 is 9.73. The molecule has 1 unspecified atom stereocenters. The average Bonchev–Trinajstić information content (AvgIpc) is 3.26. The Morgan fingerprint density at radius 3 is 3.00 bits per heavy atom. The Balaban J connectivity index is 1.72. The lowest BCUT2D eigenvalue weighted by Crippen LogP contribution is -2.24. The molecule has 134 valence electrons. The molecule has 2 aromatic rings. The summed E-state index contributed by atoms with van der Waals surface area (Å²) >= 11 is 2.90. The van der Waals surface area contributed by atoms with E-state index >= 15 is 0 Å². The van der Waals surface area contributed by atoms with Crippen molar-refractivity contribution in [3.8, 4) is 6.07 Å². The molecule has 26 heavy (non-hydrogen) atoms. The molecule has 0 fully saturated rings. The summed E-state index contributed by atoms with van der Waals surface area (Å²) in [6.07, 6.45) is 3.97. The van der Waals surface area contributed by atoms with Gasteiger partial charge in [0.05, 0.1) is 12.7 Å². The fourth-order valence-corrected chi connectivity index (χ4v) is 4.63. The second-order valence-corrected chi connectivity index (χ2v) is 7.68. The number of nitrogens with one attached hydrogen (secondary N) is 1. The number of carbonyl (C=O) groups excluding carboxylic acids is 2. The van der Waals surface area contributed by atoms with Crippen molar-refractivity contribution in [2.24, 2.45) is 0 Å². The molecule has 0 radical (unpaired) electrons. The quantitative estimate of drug-likeness (QED) is 0.632. The minimum atomic E-state index is -0.706. The number of thiophene rings is 2. The maximum atomic E-state index is 12.2. The molecule has 0 saturated carbocycles. The van der Waals surface area contributed by atoms with E-state index in [-0.39, 0.29) is 12.0 Å². The molecule has 1 aliphatic carbocycles. The Hall–Kier alpha value is -2.63. The second kappa shape index (κ2) is 8.17. The van der Waals surface area contributed by atoms with E-state index in [1.165, 1.54) is 35.9 Å². The van der Waals surface area contributed by atoms with E-state index in [9.17, 15) is 14.9 Å². The van der Waals surface area contributed by atoms with Gasteiger partial charge in [0.15, 0.2) is 0 Å². The van der Waals surface area contributed by atoms with Gasteiger partial charge < -0.3 is 14.8 Å². The van der Waals surface area contributed by atoms with Crippen molar-refractivity contribution in [2.45, 2.75) is 25.4 Å². The van der Waals surface area contributed by atoms with Gasteiger partial charge in [-0.05, 0) is 35.9 Å². The number of anilines is 1. The van der Waals surface area contributed by atoms with Crippen LogP contribution in [0.5, 0.6) is 0 Å². The first kappa shape index (κ1) is 18.2. The molecule has 0 bridgehead atoms. The number of rotatable bonds is 4. The van der Waals surface area contributed by atoms with E-state index in [1.807, 2.05) is 17.5 Å². The van der Waals surface area contributed by atoms with E-state index in [4.69, 9.17) is 4.74 Å². The van der Waals surface area contributed by atoms with Crippen LogP contribution in [0.25, 0.3) is 6.08 Å². The molecule has 0 saturated heterocycles. The van der Waals surface area contributed by atoms with E-state index in [1.54, 1.807) is 6.08 Å². The lowest BCUT2D eigenvalue weighted by molar-refractivity contribution is -0.111. The number of methoxy groups -OCH3 is 1. The molecular weight excluding hydrogens is 372 g/mol. The number of nitriles is 1. The number of nitrogens with zero attached hydrogens (tertiary/aromatic N) is 1. The molecule has 1 N–H and O–H groups in total. The summed E-state index contributed by atoms with van der Waals surface area (Å²) in [7, 11) is 1.27. The van der Waals surface area contributed by atoms with Gasteiger partial charge >= 0.3 is 6.16 Å². The van der Waals surface area contributed by atoms with Gasteiger partial charge in [-0.15, -0.1) is 22.7 Å². The lowest BCUT2D eigenvalue weighted by atomic mass is 9.94. The zero-order valence-corrected chi connectivity index (χ0v) is 15.6. The van der Waals surface area contributed by atoms with E-state index in [0.717, 1.165) is 15.3 Å². The van der Waals surface area contributed by atoms with Crippen molar-refractivity contribution in [3.63, 3.8) is 0 Å². The number of amides is 1. The zero-order chi connectivity index (χ0) is 18.5. The maximum absolute atomic E-state index is 12.2.